The standard InChI is InChI=1S/C17H14N3O/c21-16-10-12(11-20(16)13-6-2-1-3-7-13)17-18-14-8-4-5-9-15(14)19-17/h1-9,12H,10-11H2. The normalized spacial score (nSPS) is 20.2. The minimum Gasteiger partial charge on any atom is -0.312 e. The predicted octanol–water partition coefficient (Wildman–Crippen LogP) is 3.02. The summed E-state index contributed by atoms with van der Waals surface area (Å²) in [5.41, 5.74) is 2.75. The van der Waals surface area contributed by atoms with Crippen LogP contribution in [0.4, 0.5) is 17.1 Å². The Morgan fingerprint density at radius 3 is 2.43 bits per heavy atom. The van der Waals surface area contributed by atoms with Gasteiger partial charge in [0.05, 0.1) is 11.4 Å². The lowest BCUT2D eigenvalue weighted by Crippen LogP contribution is -2.26. The first kappa shape index (κ1) is 12.1. The molecular formula is C17H14N3O. The van der Waals surface area contributed by atoms with Gasteiger partial charge in [-0.25, -0.2) is 10.3 Å². The Kier molecular flexibility index (Phi) is 2.74. The second-order valence-corrected chi connectivity index (χ2v) is 5.31. The van der Waals surface area contributed by atoms with E-state index in [-0.39, 0.29) is 11.8 Å². The van der Waals surface area contributed by atoms with Crippen molar-refractivity contribution in [2.24, 2.45) is 10.9 Å². The van der Waals surface area contributed by atoms with Crippen LogP contribution in [0.25, 0.3) is 0 Å². The van der Waals surface area contributed by atoms with E-state index < -0.39 is 0 Å². The largest absolute Gasteiger partial charge is 0.312 e. The van der Waals surface area contributed by atoms with Crippen molar-refractivity contribution in [2.75, 3.05) is 11.4 Å². The molecule has 4 rings (SSSR count). The van der Waals surface area contributed by atoms with Gasteiger partial charge < -0.3 is 4.90 Å². The van der Waals surface area contributed by atoms with E-state index >= 15 is 0 Å². The molecule has 1 fully saturated rings. The third-order valence-electron chi connectivity index (χ3n) is 3.91. The Hall–Kier alpha value is -2.62. The maximum atomic E-state index is 12.2. The molecule has 1 radical (unpaired) electrons. The molecular weight excluding hydrogens is 262 g/mol. The third kappa shape index (κ3) is 2.09. The number of amidine groups is 1. The number of aliphatic imine (C=N–C) groups is 1. The van der Waals surface area contributed by atoms with Crippen molar-refractivity contribution >= 4 is 28.8 Å². The van der Waals surface area contributed by atoms with Crippen molar-refractivity contribution in [3.05, 3.63) is 54.6 Å². The second-order valence-electron chi connectivity index (χ2n) is 5.31. The monoisotopic (exact) mass is 276 g/mol. The van der Waals surface area contributed by atoms with Crippen LogP contribution in [-0.2, 0) is 4.79 Å². The molecule has 2 aliphatic heterocycles. The Bertz CT molecular complexity index is 724. The minimum absolute atomic E-state index is 0.0742. The number of carbonyl (C=O) groups excluding carboxylic acids is 1. The molecule has 0 aliphatic carbocycles. The lowest BCUT2D eigenvalue weighted by molar-refractivity contribution is -0.117. The Morgan fingerprint density at radius 2 is 1.67 bits per heavy atom. The van der Waals surface area contributed by atoms with Crippen LogP contribution < -0.4 is 10.2 Å². The van der Waals surface area contributed by atoms with Crippen molar-refractivity contribution < 1.29 is 4.79 Å². The summed E-state index contributed by atoms with van der Waals surface area (Å²) >= 11 is 0. The molecule has 1 unspecified atom stereocenters. The highest BCUT2D eigenvalue weighted by atomic mass is 16.2. The van der Waals surface area contributed by atoms with E-state index in [0.29, 0.717) is 13.0 Å². The summed E-state index contributed by atoms with van der Waals surface area (Å²) < 4.78 is 0. The maximum absolute atomic E-state index is 12.2. The molecule has 103 valence electrons. The SMILES string of the molecule is O=C1CC(C2=Nc3ccccc3[N]2)CN1c1ccccc1. The molecule has 0 spiro atoms. The number of nitrogens with zero attached hydrogens (tertiary/aromatic N) is 3. The Labute approximate surface area is 123 Å². The van der Waals surface area contributed by atoms with E-state index in [1.54, 1.807) is 0 Å². The molecule has 1 atom stereocenters. The first-order valence-corrected chi connectivity index (χ1v) is 7.06. The highest BCUT2D eigenvalue weighted by Crippen LogP contribution is 2.34. The van der Waals surface area contributed by atoms with Gasteiger partial charge in [-0.1, -0.05) is 30.3 Å². The fourth-order valence-corrected chi connectivity index (χ4v) is 2.85. The van der Waals surface area contributed by atoms with Gasteiger partial charge >= 0.3 is 0 Å². The molecule has 4 heteroatoms. The third-order valence-corrected chi connectivity index (χ3v) is 3.91. The van der Waals surface area contributed by atoms with Gasteiger partial charge in [0.2, 0.25) is 5.91 Å². The second kappa shape index (κ2) is 4.74. The van der Waals surface area contributed by atoms with Crippen LogP contribution in [0.2, 0.25) is 0 Å². The van der Waals surface area contributed by atoms with Crippen LogP contribution in [0.5, 0.6) is 0 Å². The van der Waals surface area contributed by atoms with Gasteiger partial charge in [0.15, 0.2) is 0 Å². The van der Waals surface area contributed by atoms with Gasteiger partial charge in [-0.2, -0.15) is 0 Å². The molecule has 0 bridgehead atoms. The molecule has 0 saturated carbocycles. The van der Waals surface area contributed by atoms with E-state index in [9.17, 15) is 4.79 Å². The highest BCUT2D eigenvalue weighted by molar-refractivity contribution is 6.05. The van der Waals surface area contributed by atoms with Crippen molar-refractivity contribution in [2.45, 2.75) is 6.42 Å². The summed E-state index contributed by atoms with van der Waals surface area (Å²) in [4.78, 5) is 18.6. The molecule has 0 aromatic heterocycles. The first-order valence-electron chi connectivity index (χ1n) is 7.06. The molecule has 2 aromatic rings. The Balaban J connectivity index is 1.56. The number of rotatable bonds is 2. The Morgan fingerprint density at radius 1 is 0.952 bits per heavy atom. The molecule has 21 heavy (non-hydrogen) atoms. The molecule has 1 amide bonds. The van der Waals surface area contributed by atoms with Gasteiger partial charge in [-0.3, -0.25) is 4.79 Å². The van der Waals surface area contributed by atoms with E-state index in [4.69, 9.17) is 0 Å². The zero-order valence-corrected chi connectivity index (χ0v) is 11.4. The topological polar surface area (TPSA) is 46.8 Å². The van der Waals surface area contributed by atoms with Crippen LogP contribution >= 0.6 is 0 Å². The average Bonchev–Trinajstić information content (AvgIpc) is 3.11. The number of hydrogen-bond acceptors (Lipinski definition) is 2. The number of hydrogen-bond donors (Lipinski definition) is 0. The van der Waals surface area contributed by atoms with Gasteiger partial charge in [0, 0.05) is 24.6 Å². The molecule has 1 saturated heterocycles. The van der Waals surface area contributed by atoms with Gasteiger partial charge in [-0.05, 0) is 24.3 Å². The minimum atomic E-state index is 0.0742. The van der Waals surface area contributed by atoms with E-state index in [2.05, 4.69) is 10.3 Å². The molecule has 2 heterocycles. The van der Waals surface area contributed by atoms with Gasteiger partial charge in [0.25, 0.3) is 0 Å². The number of para-hydroxylation sites is 3. The van der Waals surface area contributed by atoms with Gasteiger partial charge in [0.1, 0.15) is 5.84 Å². The summed E-state index contributed by atoms with van der Waals surface area (Å²) in [7, 11) is 0. The number of amides is 1. The van der Waals surface area contributed by atoms with E-state index in [1.165, 1.54) is 0 Å². The fourth-order valence-electron chi connectivity index (χ4n) is 2.85. The summed E-state index contributed by atoms with van der Waals surface area (Å²) in [6, 6.07) is 17.6. The highest BCUT2D eigenvalue weighted by Gasteiger charge is 2.36. The lowest BCUT2D eigenvalue weighted by atomic mass is 10.1. The fraction of sp³-hybridized carbons (Fsp3) is 0.176. The number of benzene rings is 2. The van der Waals surface area contributed by atoms with Crippen LogP contribution in [0, 0.1) is 5.92 Å². The quantitative estimate of drug-likeness (QED) is 0.831. The lowest BCUT2D eigenvalue weighted by Gasteiger charge is -2.16. The van der Waals surface area contributed by atoms with Crippen LogP contribution in [0.3, 0.4) is 0 Å². The van der Waals surface area contributed by atoms with Crippen molar-refractivity contribution in [3.63, 3.8) is 0 Å². The summed E-state index contributed by atoms with van der Waals surface area (Å²) in [6.07, 6.45) is 0.477. The van der Waals surface area contributed by atoms with Crippen molar-refractivity contribution in [3.8, 4) is 0 Å². The number of carbonyl (C=O) groups is 1. The number of anilines is 1. The predicted molar refractivity (Wildman–Crippen MR) is 82.2 cm³/mol. The zero-order valence-electron chi connectivity index (χ0n) is 11.4. The molecule has 0 N–H and O–H groups in total. The maximum Gasteiger partial charge on any atom is 0.227 e. The van der Waals surface area contributed by atoms with Crippen LogP contribution in [0.1, 0.15) is 6.42 Å². The summed E-state index contributed by atoms with van der Waals surface area (Å²) in [5, 5.41) is 4.57. The first-order chi connectivity index (χ1) is 10.3. The molecule has 4 nitrogen and oxygen atoms in total. The zero-order chi connectivity index (χ0) is 14.2. The van der Waals surface area contributed by atoms with Crippen LogP contribution in [0.15, 0.2) is 59.6 Å². The van der Waals surface area contributed by atoms with Gasteiger partial charge in [-0.15, -0.1) is 0 Å². The van der Waals surface area contributed by atoms with Crippen molar-refractivity contribution in [1.82, 2.24) is 5.32 Å². The molecule has 2 aromatic carbocycles. The van der Waals surface area contributed by atoms with E-state index in [1.807, 2.05) is 59.5 Å². The summed E-state index contributed by atoms with van der Waals surface area (Å²) in [6.45, 7) is 0.652. The number of fused-ring (bicyclic) bond motifs is 1. The molecule has 2 aliphatic rings. The smallest absolute Gasteiger partial charge is 0.227 e. The van der Waals surface area contributed by atoms with Crippen molar-refractivity contribution in [1.29, 1.82) is 0 Å². The summed E-state index contributed by atoms with van der Waals surface area (Å²) in [5.74, 6) is 0.994. The van der Waals surface area contributed by atoms with E-state index in [0.717, 1.165) is 22.9 Å². The average molecular weight is 276 g/mol. The van der Waals surface area contributed by atoms with Crippen LogP contribution in [-0.4, -0.2) is 18.3 Å².